The molecule has 2 heterocycles. The maximum atomic E-state index is 13.0. The summed E-state index contributed by atoms with van der Waals surface area (Å²) in [7, 11) is 1.54. The molecule has 1 saturated heterocycles. The van der Waals surface area contributed by atoms with Gasteiger partial charge in [0.25, 0.3) is 11.8 Å². The lowest BCUT2D eigenvalue weighted by atomic mass is 10.0. The Kier molecular flexibility index (Phi) is 6.66. The third-order valence-corrected chi connectivity index (χ3v) is 5.73. The molecule has 4 rings (SSSR count). The number of likely N-dealkylation sites (tertiary alicyclic amines) is 1. The molecule has 0 radical (unpaired) electrons. The third-order valence-electron chi connectivity index (χ3n) is 5.48. The summed E-state index contributed by atoms with van der Waals surface area (Å²) in [6.45, 7) is 1.16. The summed E-state index contributed by atoms with van der Waals surface area (Å²) in [5, 5.41) is 11.8. The van der Waals surface area contributed by atoms with E-state index in [2.05, 4.69) is 15.5 Å². The van der Waals surface area contributed by atoms with E-state index in [0.29, 0.717) is 53.7 Å². The largest absolute Gasteiger partial charge is 0.480 e. The van der Waals surface area contributed by atoms with Gasteiger partial charge in [-0.1, -0.05) is 23.7 Å². The standard InChI is InChI=1S/C24H23ClN4O3/c1-32-22-10-9-21(27-28-22)17-3-2-4-18(15-17)24(31)29-13-11-20(12-14-29)26-23(30)16-5-7-19(25)8-6-16/h2-10,15,20H,11-14H2,1H3,(H,26,30). The van der Waals surface area contributed by atoms with Crippen LogP contribution >= 0.6 is 11.6 Å². The molecule has 8 heteroatoms. The van der Waals surface area contributed by atoms with Crippen molar-refractivity contribution in [2.24, 2.45) is 0 Å². The summed E-state index contributed by atoms with van der Waals surface area (Å²) >= 11 is 5.88. The lowest BCUT2D eigenvalue weighted by Crippen LogP contribution is -2.46. The lowest BCUT2D eigenvalue weighted by molar-refractivity contribution is 0.0698. The SMILES string of the molecule is COc1ccc(-c2cccc(C(=O)N3CCC(NC(=O)c4ccc(Cl)cc4)CC3)c2)nn1. The van der Waals surface area contributed by atoms with Crippen molar-refractivity contribution in [2.75, 3.05) is 20.2 Å². The van der Waals surface area contributed by atoms with Gasteiger partial charge in [-0.3, -0.25) is 9.59 Å². The second-order valence-electron chi connectivity index (χ2n) is 7.59. The molecule has 0 aliphatic carbocycles. The van der Waals surface area contributed by atoms with Crippen molar-refractivity contribution in [1.82, 2.24) is 20.4 Å². The first-order valence-electron chi connectivity index (χ1n) is 10.4. The highest BCUT2D eigenvalue weighted by atomic mass is 35.5. The van der Waals surface area contributed by atoms with Gasteiger partial charge in [0, 0.05) is 46.9 Å². The van der Waals surface area contributed by atoms with E-state index in [4.69, 9.17) is 16.3 Å². The fourth-order valence-corrected chi connectivity index (χ4v) is 3.80. The normalized spacial score (nSPS) is 14.1. The van der Waals surface area contributed by atoms with Crippen molar-refractivity contribution in [3.63, 3.8) is 0 Å². The molecule has 0 saturated carbocycles. The minimum absolute atomic E-state index is 0.0307. The lowest BCUT2D eigenvalue weighted by Gasteiger charge is -2.32. The Balaban J connectivity index is 1.36. The number of benzene rings is 2. The molecule has 1 aliphatic rings. The summed E-state index contributed by atoms with van der Waals surface area (Å²) in [5.41, 5.74) is 2.66. The number of methoxy groups -OCH3 is 1. The van der Waals surface area contributed by atoms with Gasteiger partial charge in [0.15, 0.2) is 0 Å². The van der Waals surface area contributed by atoms with Crippen molar-refractivity contribution in [3.05, 3.63) is 76.8 Å². The molecule has 32 heavy (non-hydrogen) atoms. The van der Waals surface area contributed by atoms with Crippen molar-refractivity contribution >= 4 is 23.4 Å². The minimum Gasteiger partial charge on any atom is -0.480 e. The number of hydrogen-bond acceptors (Lipinski definition) is 5. The van der Waals surface area contributed by atoms with E-state index < -0.39 is 0 Å². The Hall–Kier alpha value is -3.45. The van der Waals surface area contributed by atoms with E-state index >= 15 is 0 Å². The first-order valence-corrected chi connectivity index (χ1v) is 10.7. The van der Waals surface area contributed by atoms with Crippen molar-refractivity contribution in [3.8, 4) is 17.1 Å². The molecule has 1 N–H and O–H groups in total. The van der Waals surface area contributed by atoms with Gasteiger partial charge in [0.1, 0.15) is 0 Å². The van der Waals surface area contributed by atoms with Gasteiger partial charge in [0.05, 0.1) is 12.8 Å². The van der Waals surface area contributed by atoms with Gasteiger partial charge in [-0.2, -0.15) is 0 Å². The van der Waals surface area contributed by atoms with Gasteiger partial charge in [-0.25, -0.2) is 0 Å². The van der Waals surface area contributed by atoms with Crippen LogP contribution < -0.4 is 10.1 Å². The van der Waals surface area contributed by atoms with Gasteiger partial charge in [-0.15, -0.1) is 10.2 Å². The smallest absolute Gasteiger partial charge is 0.253 e. The van der Waals surface area contributed by atoms with Crippen LogP contribution in [0.3, 0.4) is 0 Å². The first-order chi connectivity index (χ1) is 15.5. The van der Waals surface area contributed by atoms with E-state index in [-0.39, 0.29) is 17.9 Å². The Morgan fingerprint density at radius 2 is 1.75 bits per heavy atom. The van der Waals surface area contributed by atoms with Crippen LogP contribution in [0.25, 0.3) is 11.3 Å². The molecule has 164 valence electrons. The second kappa shape index (κ2) is 9.78. The van der Waals surface area contributed by atoms with Crippen molar-refractivity contribution in [1.29, 1.82) is 0 Å². The molecule has 1 aliphatic heterocycles. The van der Waals surface area contributed by atoms with E-state index in [1.54, 1.807) is 36.4 Å². The number of ether oxygens (including phenoxy) is 1. The molecule has 2 amide bonds. The highest BCUT2D eigenvalue weighted by Crippen LogP contribution is 2.21. The molecule has 3 aromatic rings. The molecular weight excluding hydrogens is 428 g/mol. The quantitative estimate of drug-likeness (QED) is 0.638. The van der Waals surface area contributed by atoms with Crippen LogP contribution in [0.1, 0.15) is 33.6 Å². The zero-order chi connectivity index (χ0) is 22.5. The summed E-state index contributed by atoms with van der Waals surface area (Å²) in [6.07, 6.45) is 1.41. The minimum atomic E-state index is -0.125. The van der Waals surface area contributed by atoms with Crippen LogP contribution in [0.2, 0.25) is 5.02 Å². The number of aromatic nitrogens is 2. The summed E-state index contributed by atoms with van der Waals surface area (Å²) in [5.74, 6) is 0.280. The molecule has 0 unspecified atom stereocenters. The number of carbonyl (C=O) groups excluding carboxylic acids is 2. The Morgan fingerprint density at radius 1 is 1.00 bits per heavy atom. The fourth-order valence-electron chi connectivity index (χ4n) is 3.67. The topological polar surface area (TPSA) is 84.4 Å². The van der Waals surface area contributed by atoms with Crippen molar-refractivity contribution < 1.29 is 14.3 Å². The molecule has 2 aromatic carbocycles. The van der Waals surface area contributed by atoms with Gasteiger partial charge >= 0.3 is 0 Å². The number of piperidine rings is 1. The maximum Gasteiger partial charge on any atom is 0.253 e. The monoisotopic (exact) mass is 450 g/mol. The molecule has 1 fully saturated rings. The summed E-state index contributed by atoms with van der Waals surface area (Å²) in [6, 6.07) is 17.7. The molecular formula is C24H23ClN4O3. The molecule has 0 atom stereocenters. The van der Waals surface area contributed by atoms with Crippen LogP contribution in [-0.2, 0) is 0 Å². The third kappa shape index (κ3) is 5.06. The van der Waals surface area contributed by atoms with Crippen LogP contribution in [0, 0.1) is 0 Å². The van der Waals surface area contributed by atoms with Crippen LogP contribution in [0.15, 0.2) is 60.7 Å². The summed E-state index contributed by atoms with van der Waals surface area (Å²) < 4.78 is 5.04. The van der Waals surface area contributed by atoms with Gasteiger partial charge in [0.2, 0.25) is 5.88 Å². The fraction of sp³-hybridized carbons (Fsp3) is 0.250. The number of halogens is 1. The van der Waals surface area contributed by atoms with Crippen LogP contribution in [0.5, 0.6) is 5.88 Å². The van der Waals surface area contributed by atoms with E-state index in [0.717, 1.165) is 5.56 Å². The number of carbonyl (C=O) groups is 2. The number of hydrogen-bond donors (Lipinski definition) is 1. The van der Waals surface area contributed by atoms with Crippen molar-refractivity contribution in [2.45, 2.75) is 18.9 Å². The van der Waals surface area contributed by atoms with E-state index in [1.807, 2.05) is 29.2 Å². The zero-order valence-corrected chi connectivity index (χ0v) is 18.4. The predicted molar refractivity (Wildman–Crippen MR) is 122 cm³/mol. The van der Waals surface area contributed by atoms with E-state index in [9.17, 15) is 9.59 Å². The maximum absolute atomic E-state index is 13.0. The Bertz CT molecular complexity index is 1090. The van der Waals surface area contributed by atoms with Gasteiger partial charge < -0.3 is 15.0 Å². The number of nitrogens with zero attached hydrogens (tertiary/aromatic N) is 3. The molecule has 0 spiro atoms. The Labute approximate surface area is 191 Å². The number of nitrogens with one attached hydrogen (secondary N) is 1. The van der Waals surface area contributed by atoms with Crippen LogP contribution in [0.4, 0.5) is 0 Å². The second-order valence-corrected chi connectivity index (χ2v) is 8.03. The number of rotatable bonds is 5. The van der Waals surface area contributed by atoms with Gasteiger partial charge in [-0.05, 0) is 55.3 Å². The predicted octanol–water partition coefficient (Wildman–Crippen LogP) is 3.84. The summed E-state index contributed by atoms with van der Waals surface area (Å²) in [4.78, 5) is 27.3. The Morgan fingerprint density at radius 3 is 2.41 bits per heavy atom. The zero-order valence-electron chi connectivity index (χ0n) is 17.6. The van der Waals surface area contributed by atoms with E-state index in [1.165, 1.54) is 7.11 Å². The highest BCUT2D eigenvalue weighted by molar-refractivity contribution is 6.30. The highest BCUT2D eigenvalue weighted by Gasteiger charge is 2.25. The molecule has 1 aromatic heterocycles. The first kappa shape index (κ1) is 21.8. The molecule has 7 nitrogen and oxygen atoms in total. The number of amides is 2. The average Bonchev–Trinajstić information content (AvgIpc) is 2.84. The molecule has 0 bridgehead atoms. The van der Waals surface area contributed by atoms with Crippen LogP contribution in [-0.4, -0.2) is 53.2 Å². The average molecular weight is 451 g/mol.